The first-order chi connectivity index (χ1) is 15.1. The fraction of sp³-hybridized carbons (Fsp3) is 0.318. The van der Waals surface area contributed by atoms with Gasteiger partial charge in [0.15, 0.2) is 11.0 Å². The van der Waals surface area contributed by atoms with Crippen molar-refractivity contribution in [2.24, 2.45) is 0 Å². The lowest BCUT2D eigenvalue weighted by molar-refractivity contribution is -0.113. The molecular weight excluding hydrogens is 437 g/mol. The Bertz CT molecular complexity index is 1040. The number of likely N-dealkylation sites (tertiary alicyclic amines) is 1. The highest BCUT2D eigenvalue weighted by Gasteiger charge is 2.19. The van der Waals surface area contributed by atoms with Crippen molar-refractivity contribution in [2.45, 2.75) is 31.0 Å². The second-order valence-corrected chi connectivity index (χ2v) is 8.71. The van der Waals surface area contributed by atoms with Crippen LogP contribution >= 0.6 is 23.4 Å². The number of carbonyl (C=O) groups is 1. The van der Waals surface area contributed by atoms with E-state index in [-0.39, 0.29) is 17.5 Å². The smallest absolute Gasteiger partial charge is 0.234 e. The average Bonchev–Trinajstić information content (AvgIpc) is 3.17. The molecule has 0 saturated carbocycles. The molecule has 1 aliphatic heterocycles. The van der Waals surface area contributed by atoms with E-state index in [4.69, 9.17) is 11.6 Å². The maximum absolute atomic E-state index is 13.5. The number of halogens is 2. The summed E-state index contributed by atoms with van der Waals surface area (Å²) in [5, 5.41) is 12.6. The molecule has 0 aliphatic carbocycles. The second-order valence-electron chi connectivity index (χ2n) is 7.36. The molecule has 31 heavy (non-hydrogen) atoms. The number of hydrogen-bond donors (Lipinski definition) is 1. The summed E-state index contributed by atoms with van der Waals surface area (Å²) < 4.78 is 15.4. The molecule has 6 nitrogen and oxygen atoms in total. The summed E-state index contributed by atoms with van der Waals surface area (Å²) in [6.45, 7) is 2.72. The molecule has 0 bridgehead atoms. The Balaban J connectivity index is 1.51. The van der Waals surface area contributed by atoms with Crippen LogP contribution in [0.15, 0.2) is 53.7 Å². The van der Waals surface area contributed by atoms with Crippen LogP contribution < -0.4 is 5.32 Å². The van der Waals surface area contributed by atoms with E-state index in [2.05, 4.69) is 20.4 Å². The lowest BCUT2D eigenvalue weighted by atomic mass is 10.1. The van der Waals surface area contributed by atoms with E-state index in [0.29, 0.717) is 22.4 Å². The van der Waals surface area contributed by atoms with Gasteiger partial charge in [-0.25, -0.2) is 4.39 Å². The monoisotopic (exact) mass is 459 g/mol. The number of piperidine rings is 1. The molecule has 9 heteroatoms. The first-order valence-electron chi connectivity index (χ1n) is 10.2. The van der Waals surface area contributed by atoms with Crippen molar-refractivity contribution in [3.8, 4) is 5.69 Å². The zero-order valence-electron chi connectivity index (χ0n) is 16.9. The Kier molecular flexibility index (Phi) is 7.21. The third-order valence-electron chi connectivity index (χ3n) is 5.08. The molecule has 2 aromatic carbocycles. The molecule has 0 unspecified atom stereocenters. The van der Waals surface area contributed by atoms with Gasteiger partial charge >= 0.3 is 0 Å². The van der Waals surface area contributed by atoms with Crippen molar-refractivity contribution in [3.05, 3.63) is 65.2 Å². The number of nitrogens with zero attached hydrogens (tertiary/aromatic N) is 4. The second kappa shape index (κ2) is 10.3. The summed E-state index contributed by atoms with van der Waals surface area (Å²) in [7, 11) is 0. The number of aromatic nitrogens is 3. The van der Waals surface area contributed by atoms with Crippen LogP contribution in [0.5, 0.6) is 0 Å². The average molecular weight is 460 g/mol. The maximum atomic E-state index is 13.5. The summed E-state index contributed by atoms with van der Waals surface area (Å²) in [4.78, 5) is 14.8. The molecule has 3 aromatic rings. The molecule has 0 spiro atoms. The number of carbonyl (C=O) groups excluding carboxylic acids is 1. The molecule has 2 heterocycles. The quantitative estimate of drug-likeness (QED) is 0.515. The molecule has 162 valence electrons. The minimum absolute atomic E-state index is 0.147. The maximum Gasteiger partial charge on any atom is 0.234 e. The van der Waals surface area contributed by atoms with Gasteiger partial charge in [0.05, 0.1) is 23.0 Å². The lowest BCUT2D eigenvalue weighted by Crippen LogP contribution is -2.30. The minimum atomic E-state index is -0.303. The lowest BCUT2D eigenvalue weighted by Gasteiger charge is -2.26. The molecule has 1 fully saturated rings. The SMILES string of the molecule is O=C(CSc1nnc(CN2CCCCC2)n1-c1ccc(F)cc1)Nc1ccccc1Cl. The van der Waals surface area contributed by atoms with Gasteiger partial charge in [-0.3, -0.25) is 14.3 Å². The van der Waals surface area contributed by atoms with Crippen LogP contribution in [0.3, 0.4) is 0 Å². The van der Waals surface area contributed by atoms with E-state index < -0.39 is 0 Å². The highest BCUT2D eigenvalue weighted by Crippen LogP contribution is 2.25. The van der Waals surface area contributed by atoms with Crippen LogP contribution in [-0.2, 0) is 11.3 Å². The summed E-state index contributed by atoms with van der Waals surface area (Å²) in [5.74, 6) is 0.434. The third-order valence-corrected chi connectivity index (χ3v) is 6.34. The molecule has 1 aliphatic rings. The van der Waals surface area contributed by atoms with Crippen LogP contribution in [-0.4, -0.2) is 44.4 Å². The minimum Gasteiger partial charge on any atom is -0.324 e. The molecule has 0 atom stereocenters. The van der Waals surface area contributed by atoms with Gasteiger partial charge in [0.25, 0.3) is 0 Å². The topological polar surface area (TPSA) is 63.1 Å². The van der Waals surface area contributed by atoms with E-state index in [9.17, 15) is 9.18 Å². The number of anilines is 1. The Hall–Kier alpha value is -2.42. The largest absolute Gasteiger partial charge is 0.324 e. The van der Waals surface area contributed by atoms with Gasteiger partial charge in [0, 0.05) is 5.69 Å². The number of rotatable bonds is 7. The van der Waals surface area contributed by atoms with E-state index in [1.54, 1.807) is 24.3 Å². The predicted octanol–water partition coefficient (Wildman–Crippen LogP) is 4.78. The Labute approximate surface area is 189 Å². The van der Waals surface area contributed by atoms with Crippen LogP contribution in [0.1, 0.15) is 25.1 Å². The normalized spacial score (nSPS) is 14.5. The molecule has 1 aromatic heterocycles. The number of amides is 1. The first-order valence-corrected chi connectivity index (χ1v) is 11.6. The zero-order valence-corrected chi connectivity index (χ0v) is 18.5. The van der Waals surface area contributed by atoms with Crippen LogP contribution in [0.25, 0.3) is 5.69 Å². The summed E-state index contributed by atoms with van der Waals surface area (Å²) >= 11 is 7.40. The number of nitrogens with one attached hydrogen (secondary N) is 1. The van der Waals surface area contributed by atoms with Gasteiger partial charge in [0.1, 0.15) is 5.82 Å². The summed E-state index contributed by atoms with van der Waals surface area (Å²) in [6, 6.07) is 13.3. The number of hydrogen-bond acceptors (Lipinski definition) is 5. The molecule has 1 saturated heterocycles. The highest BCUT2D eigenvalue weighted by atomic mass is 35.5. The third kappa shape index (κ3) is 5.64. The first kappa shape index (κ1) is 21.8. The van der Waals surface area contributed by atoms with Gasteiger partial charge < -0.3 is 5.32 Å². The number of benzene rings is 2. The summed E-state index contributed by atoms with van der Waals surface area (Å²) in [5.41, 5.74) is 1.34. The number of thioether (sulfide) groups is 1. The van der Waals surface area contributed by atoms with Crippen molar-refractivity contribution in [2.75, 3.05) is 24.2 Å². The predicted molar refractivity (Wildman–Crippen MR) is 121 cm³/mol. The van der Waals surface area contributed by atoms with Gasteiger partial charge in [-0.1, -0.05) is 41.9 Å². The van der Waals surface area contributed by atoms with Crippen molar-refractivity contribution in [1.29, 1.82) is 0 Å². The van der Waals surface area contributed by atoms with Crippen molar-refractivity contribution in [1.82, 2.24) is 19.7 Å². The fourth-order valence-electron chi connectivity index (χ4n) is 3.54. The van der Waals surface area contributed by atoms with E-state index in [1.165, 1.54) is 43.2 Å². The van der Waals surface area contributed by atoms with Crippen molar-refractivity contribution < 1.29 is 9.18 Å². The number of para-hydroxylation sites is 1. The highest BCUT2D eigenvalue weighted by molar-refractivity contribution is 7.99. The van der Waals surface area contributed by atoms with E-state index in [1.807, 2.05) is 16.7 Å². The van der Waals surface area contributed by atoms with E-state index in [0.717, 1.165) is 24.6 Å². The van der Waals surface area contributed by atoms with Crippen LogP contribution in [0, 0.1) is 5.82 Å². The Morgan fingerprint density at radius 1 is 1.06 bits per heavy atom. The van der Waals surface area contributed by atoms with Gasteiger partial charge in [0.2, 0.25) is 5.91 Å². The standard InChI is InChI=1S/C22H23ClFN5OS/c23-18-6-2-3-7-19(18)25-21(30)15-31-22-27-26-20(14-28-12-4-1-5-13-28)29(22)17-10-8-16(24)9-11-17/h2-3,6-11H,1,4-5,12-15H2,(H,25,30). The molecule has 1 amide bonds. The molecule has 1 N–H and O–H groups in total. The fourth-order valence-corrected chi connectivity index (χ4v) is 4.50. The van der Waals surface area contributed by atoms with Gasteiger partial charge in [-0.2, -0.15) is 0 Å². The molecule has 4 rings (SSSR count). The Morgan fingerprint density at radius 3 is 2.55 bits per heavy atom. The van der Waals surface area contributed by atoms with Crippen molar-refractivity contribution in [3.63, 3.8) is 0 Å². The summed E-state index contributed by atoms with van der Waals surface area (Å²) in [6.07, 6.45) is 3.60. The Morgan fingerprint density at radius 2 is 1.81 bits per heavy atom. The zero-order chi connectivity index (χ0) is 21.6. The molecular formula is C22H23ClFN5OS. The van der Waals surface area contributed by atoms with Gasteiger partial charge in [-0.15, -0.1) is 10.2 Å². The van der Waals surface area contributed by atoms with E-state index >= 15 is 0 Å². The van der Waals surface area contributed by atoms with Crippen molar-refractivity contribution >= 4 is 35.0 Å². The molecule has 0 radical (unpaired) electrons. The van der Waals surface area contributed by atoms with Gasteiger partial charge in [-0.05, 0) is 62.3 Å². The van der Waals surface area contributed by atoms with Crippen LogP contribution in [0.4, 0.5) is 10.1 Å². The van der Waals surface area contributed by atoms with Crippen LogP contribution in [0.2, 0.25) is 5.02 Å².